The standard InChI is InChI=1S/C31H44O5Si/c1-25(19-20-29(36-32)26(2)21-23-34-30-18-12-13-22-33-30)24-35-37(31(3,4)5,27-14-8-6-9-15-27)28-16-10-7-11-17-28/h6-11,14-17,19-20,25,29-30,32H,2,12-13,18,21-24H2,1,3-5H3/b20-19+/t25-,29?,30?/m0/s1. The second-order valence-corrected chi connectivity index (χ2v) is 15.2. The van der Waals surface area contributed by atoms with Crippen LogP contribution in [0.3, 0.4) is 0 Å². The van der Waals surface area contributed by atoms with Crippen molar-refractivity contribution in [2.75, 3.05) is 19.8 Å². The zero-order valence-electron chi connectivity index (χ0n) is 22.9. The van der Waals surface area contributed by atoms with Crippen LogP contribution in [0.25, 0.3) is 0 Å². The van der Waals surface area contributed by atoms with Crippen molar-refractivity contribution >= 4 is 18.7 Å². The highest BCUT2D eigenvalue weighted by molar-refractivity contribution is 6.99. The highest BCUT2D eigenvalue weighted by Crippen LogP contribution is 2.37. The molecule has 2 unspecified atom stereocenters. The quantitative estimate of drug-likeness (QED) is 0.148. The van der Waals surface area contributed by atoms with Crippen LogP contribution in [0.2, 0.25) is 5.04 Å². The number of benzene rings is 2. The molecule has 202 valence electrons. The van der Waals surface area contributed by atoms with Crippen LogP contribution < -0.4 is 10.4 Å². The summed E-state index contributed by atoms with van der Waals surface area (Å²) < 4.78 is 18.4. The largest absolute Gasteiger partial charge is 0.407 e. The molecule has 0 saturated carbocycles. The summed E-state index contributed by atoms with van der Waals surface area (Å²) >= 11 is 0. The molecule has 37 heavy (non-hydrogen) atoms. The van der Waals surface area contributed by atoms with Crippen LogP contribution in [0, 0.1) is 5.92 Å². The lowest BCUT2D eigenvalue weighted by atomic mass is 10.1. The first-order valence-electron chi connectivity index (χ1n) is 13.4. The molecule has 3 rings (SSSR count). The van der Waals surface area contributed by atoms with Crippen LogP contribution >= 0.6 is 0 Å². The van der Waals surface area contributed by atoms with Crippen LogP contribution in [0.4, 0.5) is 0 Å². The maximum Gasteiger partial charge on any atom is 0.261 e. The van der Waals surface area contributed by atoms with Gasteiger partial charge in [-0.25, -0.2) is 4.89 Å². The van der Waals surface area contributed by atoms with Gasteiger partial charge in [-0.3, -0.25) is 5.26 Å². The zero-order valence-corrected chi connectivity index (χ0v) is 23.9. The van der Waals surface area contributed by atoms with Crippen molar-refractivity contribution in [1.82, 2.24) is 0 Å². The lowest BCUT2D eigenvalue weighted by Crippen LogP contribution is -2.66. The van der Waals surface area contributed by atoms with Crippen molar-refractivity contribution in [1.29, 1.82) is 0 Å². The fourth-order valence-corrected chi connectivity index (χ4v) is 9.58. The van der Waals surface area contributed by atoms with Gasteiger partial charge in [0.1, 0.15) is 6.10 Å². The van der Waals surface area contributed by atoms with Gasteiger partial charge in [0.05, 0.1) is 6.61 Å². The topological polar surface area (TPSA) is 57.2 Å². The minimum atomic E-state index is -2.59. The summed E-state index contributed by atoms with van der Waals surface area (Å²) in [5, 5.41) is 12.0. The summed E-state index contributed by atoms with van der Waals surface area (Å²) in [6.07, 6.45) is 6.90. The molecule has 6 heteroatoms. The smallest absolute Gasteiger partial charge is 0.261 e. The Bertz CT molecular complexity index is 925. The van der Waals surface area contributed by atoms with Gasteiger partial charge in [-0.1, -0.05) is 107 Å². The minimum Gasteiger partial charge on any atom is -0.407 e. The average Bonchev–Trinajstić information content (AvgIpc) is 2.90. The van der Waals surface area contributed by atoms with Crippen molar-refractivity contribution in [2.45, 2.75) is 70.8 Å². The Labute approximate surface area is 224 Å². The van der Waals surface area contributed by atoms with Crippen molar-refractivity contribution in [3.05, 3.63) is 85.0 Å². The molecule has 3 atom stereocenters. The van der Waals surface area contributed by atoms with Gasteiger partial charge in [0.25, 0.3) is 8.32 Å². The second-order valence-electron chi connectivity index (χ2n) is 10.9. The molecule has 1 aliphatic rings. The molecule has 1 fully saturated rings. The lowest BCUT2D eigenvalue weighted by Gasteiger charge is -2.43. The molecule has 1 heterocycles. The second kappa shape index (κ2) is 14.2. The molecular formula is C31H44O5Si. The van der Waals surface area contributed by atoms with E-state index in [-0.39, 0.29) is 17.2 Å². The first-order chi connectivity index (χ1) is 17.8. The van der Waals surface area contributed by atoms with Gasteiger partial charge in [0, 0.05) is 13.2 Å². The lowest BCUT2D eigenvalue weighted by molar-refractivity contribution is -0.257. The van der Waals surface area contributed by atoms with Gasteiger partial charge in [-0.2, -0.15) is 0 Å². The number of ether oxygens (including phenoxy) is 2. The number of rotatable bonds is 13. The average molecular weight is 525 g/mol. The van der Waals surface area contributed by atoms with Crippen LogP contribution in [0.15, 0.2) is 85.0 Å². The maximum absolute atomic E-state index is 9.52. The first-order valence-corrected chi connectivity index (χ1v) is 15.3. The van der Waals surface area contributed by atoms with E-state index < -0.39 is 14.4 Å². The molecule has 0 aromatic heterocycles. The third-order valence-electron chi connectivity index (χ3n) is 6.97. The number of hydrogen-bond acceptors (Lipinski definition) is 5. The van der Waals surface area contributed by atoms with Gasteiger partial charge >= 0.3 is 0 Å². The Kier molecular flexibility index (Phi) is 11.3. The van der Waals surface area contributed by atoms with E-state index in [1.165, 1.54) is 10.4 Å². The third-order valence-corrected chi connectivity index (χ3v) is 12.0. The van der Waals surface area contributed by atoms with Crippen molar-refractivity contribution < 1.29 is 24.0 Å². The summed E-state index contributed by atoms with van der Waals surface area (Å²) in [7, 11) is -2.59. The molecule has 1 aliphatic heterocycles. The van der Waals surface area contributed by atoms with E-state index in [0.717, 1.165) is 31.4 Å². The van der Waals surface area contributed by atoms with Crippen LogP contribution in [-0.2, 0) is 18.8 Å². The summed E-state index contributed by atoms with van der Waals surface area (Å²) in [5.41, 5.74) is 0.759. The Morgan fingerprint density at radius 2 is 1.68 bits per heavy atom. The highest BCUT2D eigenvalue weighted by atomic mass is 28.4. The summed E-state index contributed by atoms with van der Waals surface area (Å²) in [6.45, 7) is 14.9. The highest BCUT2D eigenvalue weighted by Gasteiger charge is 2.50. The van der Waals surface area contributed by atoms with Gasteiger partial charge in [0.15, 0.2) is 6.29 Å². The predicted octanol–water partition coefficient (Wildman–Crippen LogP) is 6.10. The van der Waals surface area contributed by atoms with E-state index >= 15 is 0 Å². The normalized spacial score (nSPS) is 18.6. The van der Waals surface area contributed by atoms with E-state index in [4.69, 9.17) is 18.8 Å². The molecule has 2 aromatic carbocycles. The predicted molar refractivity (Wildman–Crippen MR) is 153 cm³/mol. The van der Waals surface area contributed by atoms with Gasteiger partial charge in [0.2, 0.25) is 0 Å². The van der Waals surface area contributed by atoms with Gasteiger partial charge < -0.3 is 13.9 Å². The molecule has 0 aliphatic carbocycles. The molecule has 0 radical (unpaired) electrons. The molecular weight excluding hydrogens is 480 g/mol. The summed E-state index contributed by atoms with van der Waals surface area (Å²) in [6, 6.07) is 21.3. The molecule has 2 aromatic rings. The molecule has 5 nitrogen and oxygen atoms in total. The van der Waals surface area contributed by atoms with E-state index in [1.807, 2.05) is 12.2 Å². The summed E-state index contributed by atoms with van der Waals surface area (Å²) in [5.74, 6) is 0.110. The van der Waals surface area contributed by atoms with E-state index in [1.54, 1.807) is 0 Å². The molecule has 0 spiro atoms. The fourth-order valence-electron chi connectivity index (χ4n) is 4.92. The third kappa shape index (κ3) is 7.96. The fraction of sp³-hybridized carbons (Fsp3) is 0.484. The monoisotopic (exact) mass is 524 g/mol. The van der Waals surface area contributed by atoms with Crippen LogP contribution in [0.5, 0.6) is 0 Å². The van der Waals surface area contributed by atoms with Gasteiger partial charge in [-0.15, -0.1) is 0 Å². The SMILES string of the molecule is C=C(CCOC1CCCCO1)C(/C=C/[C@H](C)CO[Si](c1ccccc1)(c1ccccc1)C(C)(C)C)OO. The van der Waals surface area contributed by atoms with Crippen LogP contribution in [-0.4, -0.2) is 45.8 Å². The van der Waals surface area contributed by atoms with Crippen molar-refractivity contribution in [3.63, 3.8) is 0 Å². The number of hydrogen-bond donors (Lipinski definition) is 1. The Balaban J connectivity index is 1.66. The molecule has 1 N–H and O–H groups in total. The zero-order chi connectivity index (χ0) is 26.7. The van der Waals surface area contributed by atoms with Gasteiger partial charge in [-0.05, 0) is 52.6 Å². The molecule has 1 saturated heterocycles. The Hall–Kier alpha value is -2.06. The van der Waals surface area contributed by atoms with Crippen molar-refractivity contribution in [3.8, 4) is 0 Å². The van der Waals surface area contributed by atoms with Crippen molar-refractivity contribution in [2.24, 2.45) is 5.92 Å². The first kappa shape index (κ1) is 29.5. The van der Waals surface area contributed by atoms with E-state index in [9.17, 15) is 5.26 Å². The maximum atomic E-state index is 9.52. The van der Waals surface area contributed by atoms with Crippen LogP contribution in [0.1, 0.15) is 53.4 Å². The Morgan fingerprint density at radius 3 is 2.19 bits per heavy atom. The Morgan fingerprint density at radius 1 is 1.05 bits per heavy atom. The molecule has 0 amide bonds. The molecule has 0 bridgehead atoms. The summed E-state index contributed by atoms with van der Waals surface area (Å²) in [4.78, 5) is 4.74. The van der Waals surface area contributed by atoms with E-state index in [0.29, 0.717) is 19.6 Å². The minimum absolute atomic E-state index is 0.0772. The van der Waals surface area contributed by atoms with E-state index in [2.05, 4.69) is 94.9 Å².